The fraction of sp³-hybridized carbons (Fsp3) is 0.478. The first-order valence-electron chi connectivity index (χ1n) is 10.6. The summed E-state index contributed by atoms with van der Waals surface area (Å²) in [5.74, 6) is 0. The van der Waals surface area contributed by atoms with Gasteiger partial charge in [-0.15, -0.1) is 0 Å². The van der Waals surface area contributed by atoms with E-state index in [9.17, 15) is 21.6 Å². The van der Waals surface area contributed by atoms with Crippen molar-refractivity contribution in [1.29, 1.82) is 0 Å². The lowest BCUT2D eigenvalue weighted by atomic mass is 10.1. The van der Waals surface area contributed by atoms with Crippen LogP contribution in [0.1, 0.15) is 37.5 Å². The zero-order valence-electron chi connectivity index (χ0n) is 18.6. The van der Waals surface area contributed by atoms with Crippen molar-refractivity contribution >= 4 is 10.0 Å². The van der Waals surface area contributed by atoms with Gasteiger partial charge in [0.05, 0.1) is 10.5 Å². The van der Waals surface area contributed by atoms with Crippen LogP contribution in [0.4, 0.5) is 13.2 Å². The van der Waals surface area contributed by atoms with Crippen LogP contribution in [0.25, 0.3) is 0 Å². The highest BCUT2D eigenvalue weighted by molar-refractivity contribution is 7.89. The molecule has 5 nitrogen and oxygen atoms in total. The average Bonchev–Trinajstić information content (AvgIpc) is 2.72. The Kier molecular flexibility index (Phi) is 7.34. The first-order chi connectivity index (χ1) is 14.8. The van der Waals surface area contributed by atoms with Gasteiger partial charge in [-0.05, 0) is 50.1 Å². The average molecular weight is 470 g/mol. The molecule has 0 spiro atoms. The molecule has 0 aromatic heterocycles. The van der Waals surface area contributed by atoms with E-state index in [1.54, 1.807) is 18.2 Å². The molecule has 0 radical (unpaired) electrons. The molecule has 0 aliphatic carbocycles. The third kappa shape index (κ3) is 6.54. The van der Waals surface area contributed by atoms with Crippen LogP contribution in [-0.2, 0) is 29.3 Å². The second kappa shape index (κ2) is 9.51. The van der Waals surface area contributed by atoms with Crippen LogP contribution >= 0.6 is 0 Å². The molecule has 3 rings (SSSR count). The number of alkyl halides is 3. The van der Waals surface area contributed by atoms with Gasteiger partial charge in [0.15, 0.2) is 0 Å². The van der Waals surface area contributed by atoms with E-state index in [1.165, 1.54) is 10.4 Å². The molecule has 9 heteroatoms. The molecule has 0 saturated carbocycles. The summed E-state index contributed by atoms with van der Waals surface area (Å²) in [7, 11) is -3.61. The van der Waals surface area contributed by atoms with Crippen molar-refractivity contribution in [2.75, 3.05) is 26.2 Å². The molecule has 0 amide bonds. The fourth-order valence-corrected chi connectivity index (χ4v) is 4.95. The lowest BCUT2D eigenvalue weighted by Gasteiger charge is -2.34. The van der Waals surface area contributed by atoms with E-state index in [2.05, 4.69) is 26.1 Å². The molecular formula is C23H30F3N3O2S. The van der Waals surface area contributed by atoms with Gasteiger partial charge in [-0.25, -0.2) is 8.42 Å². The highest BCUT2D eigenvalue weighted by atomic mass is 32.2. The Morgan fingerprint density at radius 1 is 0.906 bits per heavy atom. The Labute approximate surface area is 188 Å². The molecule has 176 valence electrons. The van der Waals surface area contributed by atoms with Gasteiger partial charge in [0.25, 0.3) is 0 Å². The molecule has 1 aliphatic rings. The minimum atomic E-state index is -4.37. The third-order valence-electron chi connectivity index (χ3n) is 5.38. The number of benzene rings is 2. The van der Waals surface area contributed by atoms with Gasteiger partial charge in [-0.2, -0.15) is 17.5 Å². The van der Waals surface area contributed by atoms with Gasteiger partial charge in [0.2, 0.25) is 10.0 Å². The molecule has 1 aliphatic heterocycles. The quantitative estimate of drug-likeness (QED) is 0.692. The first-order valence-corrected chi connectivity index (χ1v) is 12.0. The van der Waals surface area contributed by atoms with Crippen LogP contribution in [0.5, 0.6) is 0 Å². The van der Waals surface area contributed by atoms with Crippen LogP contribution in [0.15, 0.2) is 53.4 Å². The highest BCUT2D eigenvalue weighted by Gasteiger charge is 2.31. The van der Waals surface area contributed by atoms with Gasteiger partial charge in [-0.1, -0.05) is 30.3 Å². The SMILES string of the molecule is CC(C)(C)NCc1ccc(S(=O)(=O)N2CCN(Cc3cccc(C(F)(F)F)c3)CC2)cc1. The van der Waals surface area contributed by atoms with Gasteiger partial charge in [0.1, 0.15) is 0 Å². The molecule has 2 aromatic rings. The van der Waals surface area contributed by atoms with Crippen molar-refractivity contribution < 1.29 is 21.6 Å². The van der Waals surface area contributed by atoms with Crippen LogP contribution in [0.2, 0.25) is 0 Å². The zero-order valence-corrected chi connectivity index (χ0v) is 19.4. The summed E-state index contributed by atoms with van der Waals surface area (Å²) in [6.45, 7) is 8.73. The summed E-state index contributed by atoms with van der Waals surface area (Å²) in [4.78, 5) is 2.23. The maximum atomic E-state index is 13.0. The van der Waals surface area contributed by atoms with E-state index in [1.807, 2.05) is 17.0 Å². The van der Waals surface area contributed by atoms with E-state index in [0.717, 1.165) is 17.7 Å². The van der Waals surface area contributed by atoms with Gasteiger partial charge >= 0.3 is 6.18 Å². The van der Waals surface area contributed by atoms with E-state index in [0.29, 0.717) is 44.8 Å². The lowest BCUT2D eigenvalue weighted by Crippen LogP contribution is -2.48. The van der Waals surface area contributed by atoms with Gasteiger partial charge in [0, 0.05) is 44.8 Å². The Bertz CT molecular complexity index is 1010. The second-order valence-corrected chi connectivity index (χ2v) is 11.1. The Hall–Kier alpha value is -1.94. The van der Waals surface area contributed by atoms with E-state index >= 15 is 0 Å². The number of nitrogens with zero attached hydrogens (tertiary/aromatic N) is 2. The smallest absolute Gasteiger partial charge is 0.308 e. The number of sulfonamides is 1. The largest absolute Gasteiger partial charge is 0.416 e. The van der Waals surface area contributed by atoms with Crippen molar-refractivity contribution in [1.82, 2.24) is 14.5 Å². The van der Waals surface area contributed by atoms with Crippen molar-refractivity contribution in [2.45, 2.75) is 50.5 Å². The first kappa shape index (κ1) is 24.7. The minimum Gasteiger partial charge on any atom is -0.308 e. The Morgan fingerprint density at radius 3 is 2.09 bits per heavy atom. The van der Waals surface area contributed by atoms with E-state index in [4.69, 9.17) is 0 Å². The number of piperazine rings is 1. The maximum absolute atomic E-state index is 13.0. The molecule has 2 aromatic carbocycles. The standard InChI is InChI=1S/C23H30F3N3O2S/c1-22(2,3)27-16-18-7-9-21(10-8-18)32(30,31)29-13-11-28(12-14-29)17-19-5-4-6-20(15-19)23(24,25)26/h4-10,15,27H,11-14,16-17H2,1-3H3. The zero-order chi connectivity index (χ0) is 23.6. The summed E-state index contributed by atoms with van der Waals surface area (Å²) in [5, 5.41) is 3.37. The Morgan fingerprint density at radius 2 is 1.53 bits per heavy atom. The summed E-state index contributed by atoms with van der Waals surface area (Å²) < 4.78 is 66.2. The molecule has 1 N–H and O–H groups in total. The summed E-state index contributed by atoms with van der Waals surface area (Å²) >= 11 is 0. The number of rotatable bonds is 6. The van der Waals surface area contributed by atoms with E-state index < -0.39 is 21.8 Å². The van der Waals surface area contributed by atoms with Crippen molar-refractivity contribution in [3.63, 3.8) is 0 Å². The minimum absolute atomic E-state index is 0.0293. The number of hydrogen-bond acceptors (Lipinski definition) is 4. The maximum Gasteiger partial charge on any atom is 0.416 e. The molecule has 1 fully saturated rings. The van der Waals surface area contributed by atoms with Gasteiger partial charge < -0.3 is 5.32 Å². The van der Waals surface area contributed by atoms with Crippen molar-refractivity contribution in [3.8, 4) is 0 Å². The van der Waals surface area contributed by atoms with Crippen LogP contribution < -0.4 is 5.32 Å². The molecule has 1 saturated heterocycles. The number of hydrogen-bond donors (Lipinski definition) is 1. The third-order valence-corrected chi connectivity index (χ3v) is 7.29. The molecular weight excluding hydrogens is 439 g/mol. The number of halogens is 3. The highest BCUT2D eigenvalue weighted by Crippen LogP contribution is 2.30. The molecule has 32 heavy (non-hydrogen) atoms. The predicted molar refractivity (Wildman–Crippen MR) is 119 cm³/mol. The fourth-order valence-electron chi connectivity index (χ4n) is 3.53. The van der Waals surface area contributed by atoms with Crippen LogP contribution in [-0.4, -0.2) is 49.3 Å². The normalized spacial score (nSPS) is 16.9. The Balaban J connectivity index is 1.58. The molecule has 1 heterocycles. The molecule has 0 bridgehead atoms. The van der Waals surface area contributed by atoms with Crippen LogP contribution in [0, 0.1) is 0 Å². The predicted octanol–water partition coefficient (Wildman–Crippen LogP) is 4.10. The molecule has 0 unspecified atom stereocenters. The second-order valence-electron chi connectivity index (χ2n) is 9.13. The van der Waals surface area contributed by atoms with Gasteiger partial charge in [-0.3, -0.25) is 4.90 Å². The summed E-state index contributed by atoms with van der Waals surface area (Å²) in [6.07, 6.45) is -4.37. The monoisotopic (exact) mass is 469 g/mol. The van der Waals surface area contributed by atoms with E-state index in [-0.39, 0.29) is 10.4 Å². The summed E-state index contributed by atoms with van der Waals surface area (Å²) in [6, 6.07) is 12.2. The van der Waals surface area contributed by atoms with Crippen LogP contribution in [0.3, 0.4) is 0 Å². The lowest BCUT2D eigenvalue weighted by molar-refractivity contribution is -0.137. The molecule has 0 atom stereocenters. The van der Waals surface area contributed by atoms with Crippen molar-refractivity contribution in [2.24, 2.45) is 0 Å². The van der Waals surface area contributed by atoms with Crippen molar-refractivity contribution in [3.05, 3.63) is 65.2 Å². The number of nitrogens with one attached hydrogen (secondary N) is 1. The summed E-state index contributed by atoms with van der Waals surface area (Å²) in [5.41, 5.74) is 0.871. The topological polar surface area (TPSA) is 52.7 Å².